The Hall–Kier alpha value is -3.11. The summed E-state index contributed by atoms with van der Waals surface area (Å²) in [6.07, 6.45) is 2.25. The van der Waals surface area contributed by atoms with Crippen LogP contribution in [0, 0.1) is 17.9 Å². The average molecular weight is 465 g/mol. The molecule has 1 amide bonds. The molecule has 1 aromatic heterocycles. The molecule has 1 aromatic carbocycles. The van der Waals surface area contributed by atoms with E-state index in [1.807, 2.05) is 37.3 Å². The second kappa shape index (κ2) is 11.7. The van der Waals surface area contributed by atoms with Crippen molar-refractivity contribution in [1.29, 1.82) is 5.26 Å². The summed E-state index contributed by atoms with van der Waals surface area (Å²) in [6, 6.07) is 11.4. The number of benzene rings is 1. The molecule has 0 spiro atoms. The van der Waals surface area contributed by atoms with E-state index in [-0.39, 0.29) is 6.10 Å². The molecule has 1 unspecified atom stereocenters. The Bertz CT molecular complexity index is 1060. The lowest BCUT2D eigenvalue weighted by Gasteiger charge is -2.34. The zero-order valence-corrected chi connectivity index (χ0v) is 19.5. The van der Waals surface area contributed by atoms with Gasteiger partial charge in [0.05, 0.1) is 24.8 Å². The van der Waals surface area contributed by atoms with Crippen LogP contribution < -0.4 is 16.4 Å². The quantitative estimate of drug-likeness (QED) is 0.431. The first-order valence-electron chi connectivity index (χ1n) is 11.0. The Kier molecular flexibility index (Phi) is 8.67. The molecule has 0 saturated carbocycles. The first-order chi connectivity index (χ1) is 16.0. The summed E-state index contributed by atoms with van der Waals surface area (Å²) in [4.78, 5) is 22.9. The molecule has 4 N–H and O–H groups in total. The minimum atomic E-state index is -0.697. The molecule has 1 fully saturated rings. The first-order valence-corrected chi connectivity index (χ1v) is 11.8. The van der Waals surface area contributed by atoms with Crippen LogP contribution in [0.4, 0.5) is 11.5 Å². The minimum Gasteiger partial charge on any atom is -0.377 e. The van der Waals surface area contributed by atoms with Crippen LogP contribution in [0.5, 0.6) is 0 Å². The molecule has 1 saturated heterocycles. The third kappa shape index (κ3) is 5.63. The van der Waals surface area contributed by atoms with E-state index in [0.717, 1.165) is 30.2 Å². The van der Waals surface area contributed by atoms with Gasteiger partial charge in [-0.3, -0.25) is 4.79 Å². The number of hydrogen-bond donors (Lipinski definition) is 2. The average Bonchev–Trinajstić information content (AvgIpc) is 2.85. The van der Waals surface area contributed by atoms with Gasteiger partial charge >= 0.3 is 0 Å². The van der Waals surface area contributed by atoms with Gasteiger partial charge < -0.3 is 21.1 Å². The van der Waals surface area contributed by atoms with Crippen molar-refractivity contribution >= 4 is 29.2 Å². The normalized spacial score (nSPS) is 15.0. The highest BCUT2D eigenvalue weighted by Crippen LogP contribution is 2.43. The van der Waals surface area contributed by atoms with Crippen LogP contribution in [-0.4, -0.2) is 43.2 Å². The molecular formula is C24H28N6O2S. The SMILES string of the molecule is [C-]#[N+]c1c(N2CCC(OCCN)CC2)nc(SC(C(N)=O)c2ccccc2)c(C#N)c1CC. The molecule has 172 valence electrons. The number of pyridine rings is 1. The largest absolute Gasteiger partial charge is 0.377 e. The number of ether oxygens (including phenoxy) is 1. The molecular weight excluding hydrogens is 436 g/mol. The van der Waals surface area contributed by atoms with Gasteiger partial charge in [0.15, 0.2) is 0 Å². The van der Waals surface area contributed by atoms with Crippen LogP contribution in [0.1, 0.15) is 41.7 Å². The number of thioether (sulfide) groups is 1. The highest BCUT2D eigenvalue weighted by molar-refractivity contribution is 8.00. The van der Waals surface area contributed by atoms with Crippen molar-refractivity contribution in [1.82, 2.24) is 4.98 Å². The fourth-order valence-corrected chi connectivity index (χ4v) is 5.03. The summed E-state index contributed by atoms with van der Waals surface area (Å²) in [5.74, 6) is 0.0421. The molecule has 0 radical (unpaired) electrons. The fourth-order valence-electron chi connectivity index (χ4n) is 3.97. The summed E-state index contributed by atoms with van der Waals surface area (Å²) in [5.41, 5.74) is 13.4. The maximum atomic E-state index is 12.3. The van der Waals surface area contributed by atoms with E-state index in [2.05, 4.69) is 15.8 Å². The Labute approximate surface area is 198 Å². The van der Waals surface area contributed by atoms with Crippen LogP contribution in [0.15, 0.2) is 35.4 Å². The number of nitrogens with two attached hydrogens (primary N) is 2. The number of aromatic nitrogens is 1. The third-order valence-corrected chi connectivity index (χ3v) is 6.86. The lowest BCUT2D eigenvalue weighted by atomic mass is 10.0. The monoisotopic (exact) mass is 464 g/mol. The number of rotatable bonds is 9. The molecule has 2 aromatic rings. The van der Waals surface area contributed by atoms with E-state index in [9.17, 15) is 10.1 Å². The van der Waals surface area contributed by atoms with Gasteiger partial charge in [-0.2, -0.15) is 5.26 Å². The molecule has 0 bridgehead atoms. The van der Waals surface area contributed by atoms with Crippen molar-refractivity contribution in [3.8, 4) is 6.07 Å². The topological polar surface area (TPSA) is 123 Å². The summed E-state index contributed by atoms with van der Waals surface area (Å²) < 4.78 is 5.77. The predicted molar refractivity (Wildman–Crippen MR) is 129 cm³/mol. The van der Waals surface area contributed by atoms with E-state index in [4.69, 9.17) is 27.8 Å². The number of carbonyl (C=O) groups excluding carboxylic acids is 1. The number of nitriles is 1. The Balaban J connectivity index is 2.00. The van der Waals surface area contributed by atoms with Gasteiger partial charge in [-0.25, -0.2) is 9.83 Å². The highest BCUT2D eigenvalue weighted by Gasteiger charge is 2.29. The first kappa shape index (κ1) is 24.5. The van der Waals surface area contributed by atoms with E-state index in [0.29, 0.717) is 60.3 Å². The molecule has 1 aliphatic rings. The summed E-state index contributed by atoms with van der Waals surface area (Å²) in [5, 5.41) is 9.65. The Morgan fingerprint density at radius 3 is 2.64 bits per heavy atom. The van der Waals surface area contributed by atoms with Crippen LogP contribution in [-0.2, 0) is 16.0 Å². The van der Waals surface area contributed by atoms with Gasteiger partial charge in [0.2, 0.25) is 11.6 Å². The number of carbonyl (C=O) groups is 1. The van der Waals surface area contributed by atoms with Crippen molar-refractivity contribution < 1.29 is 9.53 Å². The number of piperidine rings is 1. The Morgan fingerprint density at radius 2 is 2.09 bits per heavy atom. The van der Waals surface area contributed by atoms with Gasteiger partial charge in [-0.1, -0.05) is 49.0 Å². The van der Waals surface area contributed by atoms with Crippen molar-refractivity contribution in [3.63, 3.8) is 0 Å². The zero-order valence-electron chi connectivity index (χ0n) is 18.7. The summed E-state index contributed by atoms with van der Waals surface area (Å²) in [6.45, 7) is 12.1. The van der Waals surface area contributed by atoms with E-state index in [1.165, 1.54) is 0 Å². The van der Waals surface area contributed by atoms with Crippen molar-refractivity contribution in [2.24, 2.45) is 11.5 Å². The van der Waals surface area contributed by atoms with Crippen molar-refractivity contribution in [2.45, 2.75) is 42.6 Å². The summed E-state index contributed by atoms with van der Waals surface area (Å²) in [7, 11) is 0. The van der Waals surface area contributed by atoms with Gasteiger partial charge in [0.25, 0.3) is 0 Å². The molecule has 1 aliphatic heterocycles. The van der Waals surface area contributed by atoms with E-state index < -0.39 is 11.2 Å². The lowest BCUT2D eigenvalue weighted by Crippen LogP contribution is -2.38. The summed E-state index contributed by atoms with van der Waals surface area (Å²) >= 11 is 1.16. The number of hydrogen-bond acceptors (Lipinski definition) is 7. The van der Waals surface area contributed by atoms with Crippen molar-refractivity contribution in [2.75, 3.05) is 31.1 Å². The number of primary amides is 1. The van der Waals surface area contributed by atoms with Crippen LogP contribution >= 0.6 is 11.8 Å². The van der Waals surface area contributed by atoms with E-state index >= 15 is 0 Å². The predicted octanol–water partition coefficient (Wildman–Crippen LogP) is 3.33. The Morgan fingerprint density at radius 1 is 1.39 bits per heavy atom. The van der Waals surface area contributed by atoms with Gasteiger partial charge in [0, 0.05) is 19.6 Å². The molecule has 2 heterocycles. The van der Waals surface area contributed by atoms with Gasteiger partial charge in [0.1, 0.15) is 22.2 Å². The highest BCUT2D eigenvalue weighted by atomic mass is 32.2. The van der Waals surface area contributed by atoms with Gasteiger partial charge in [-0.15, -0.1) is 0 Å². The number of amides is 1. The number of nitrogens with zero attached hydrogens (tertiary/aromatic N) is 4. The fraction of sp³-hybridized carbons (Fsp3) is 0.417. The molecule has 9 heteroatoms. The van der Waals surface area contributed by atoms with Crippen LogP contribution in [0.2, 0.25) is 0 Å². The zero-order chi connectivity index (χ0) is 23.8. The second-order valence-corrected chi connectivity index (χ2v) is 8.77. The molecule has 1 atom stereocenters. The third-order valence-electron chi connectivity index (χ3n) is 5.60. The van der Waals surface area contributed by atoms with Crippen molar-refractivity contribution in [3.05, 3.63) is 58.4 Å². The standard InChI is InChI=1S/C24H28N6O2S/c1-3-18-19(15-26)24(33-21(22(27)31)16-7-5-4-6-8-16)29-23(20(18)28-2)30-12-9-17(10-13-30)32-14-11-25/h4-8,17,21H,3,9-14,25H2,1H3,(H2,27,31). The molecule has 0 aliphatic carbocycles. The second-order valence-electron chi connectivity index (χ2n) is 7.68. The smallest absolute Gasteiger partial charge is 0.235 e. The lowest BCUT2D eigenvalue weighted by molar-refractivity contribution is -0.117. The molecule has 3 rings (SSSR count). The van der Waals surface area contributed by atoms with Crippen LogP contribution in [0.25, 0.3) is 4.85 Å². The van der Waals surface area contributed by atoms with Crippen LogP contribution in [0.3, 0.4) is 0 Å². The molecule has 8 nitrogen and oxygen atoms in total. The number of anilines is 1. The van der Waals surface area contributed by atoms with Gasteiger partial charge in [-0.05, 0) is 30.4 Å². The maximum Gasteiger partial charge on any atom is 0.235 e. The minimum absolute atomic E-state index is 0.136. The van der Waals surface area contributed by atoms with E-state index in [1.54, 1.807) is 0 Å². The molecule has 33 heavy (non-hydrogen) atoms. The maximum absolute atomic E-state index is 12.3.